The van der Waals surface area contributed by atoms with E-state index in [1.165, 1.54) is 5.56 Å². The van der Waals surface area contributed by atoms with Gasteiger partial charge in [0.15, 0.2) is 18.1 Å². The van der Waals surface area contributed by atoms with Crippen molar-refractivity contribution in [2.24, 2.45) is 5.10 Å². The van der Waals surface area contributed by atoms with Gasteiger partial charge in [-0.3, -0.25) is 4.79 Å². The summed E-state index contributed by atoms with van der Waals surface area (Å²) >= 11 is 0. The number of hydrogen-bond acceptors (Lipinski definition) is 5. The second kappa shape index (κ2) is 7.91. The summed E-state index contributed by atoms with van der Waals surface area (Å²) in [5.74, 6) is 2.21. The Labute approximate surface area is 152 Å². The number of nitrogens with zero attached hydrogens (tertiary/aromatic N) is 1. The van der Waals surface area contributed by atoms with Crippen molar-refractivity contribution < 1.29 is 19.0 Å². The summed E-state index contributed by atoms with van der Waals surface area (Å²) in [4.78, 5) is 11.9. The molecule has 3 rings (SSSR count). The Morgan fingerprint density at radius 1 is 1.23 bits per heavy atom. The van der Waals surface area contributed by atoms with E-state index in [0.717, 1.165) is 11.1 Å². The van der Waals surface area contributed by atoms with Crippen LogP contribution in [-0.4, -0.2) is 25.5 Å². The number of carbonyl (C=O) groups is 1. The van der Waals surface area contributed by atoms with E-state index < -0.39 is 0 Å². The highest BCUT2D eigenvalue weighted by molar-refractivity contribution is 5.83. The summed E-state index contributed by atoms with van der Waals surface area (Å²) in [7, 11) is 0. The van der Waals surface area contributed by atoms with Gasteiger partial charge in [-0.2, -0.15) is 5.10 Å². The quantitative estimate of drug-likeness (QED) is 0.638. The number of nitrogens with one attached hydrogen (secondary N) is 1. The highest BCUT2D eigenvalue weighted by atomic mass is 16.7. The lowest BCUT2D eigenvalue weighted by molar-refractivity contribution is -0.123. The Kier molecular flexibility index (Phi) is 5.41. The van der Waals surface area contributed by atoms with Gasteiger partial charge in [-0.1, -0.05) is 26.0 Å². The fraction of sp³-hybridized carbons (Fsp3) is 0.300. The van der Waals surface area contributed by atoms with Gasteiger partial charge in [0.25, 0.3) is 5.91 Å². The Hall–Kier alpha value is -3.02. The number of carbonyl (C=O) groups excluding carboxylic acids is 1. The summed E-state index contributed by atoms with van der Waals surface area (Å²) in [6, 6.07) is 11.4. The van der Waals surface area contributed by atoms with Crippen LogP contribution in [0.1, 0.15) is 36.5 Å². The van der Waals surface area contributed by atoms with Gasteiger partial charge in [0, 0.05) is 0 Å². The van der Waals surface area contributed by atoms with E-state index in [4.69, 9.17) is 14.2 Å². The molecule has 0 aliphatic carbocycles. The molecule has 6 heteroatoms. The van der Waals surface area contributed by atoms with E-state index in [-0.39, 0.29) is 19.3 Å². The van der Waals surface area contributed by atoms with Crippen molar-refractivity contribution in [3.05, 3.63) is 53.1 Å². The molecule has 0 radical (unpaired) electrons. The summed E-state index contributed by atoms with van der Waals surface area (Å²) in [5, 5.41) is 3.94. The van der Waals surface area contributed by atoms with Crippen molar-refractivity contribution >= 4 is 12.1 Å². The number of amides is 1. The summed E-state index contributed by atoms with van der Waals surface area (Å²) in [5.41, 5.74) is 5.50. The Balaban J connectivity index is 1.50. The van der Waals surface area contributed by atoms with E-state index in [9.17, 15) is 4.79 Å². The van der Waals surface area contributed by atoms with E-state index >= 15 is 0 Å². The molecule has 1 amide bonds. The average molecular weight is 354 g/mol. The molecule has 1 aliphatic heterocycles. The molecule has 0 saturated carbocycles. The van der Waals surface area contributed by atoms with Crippen LogP contribution in [0.5, 0.6) is 17.2 Å². The molecule has 0 atom stereocenters. The van der Waals surface area contributed by atoms with Gasteiger partial charge in [0.1, 0.15) is 5.75 Å². The SMILES string of the molecule is Cc1cc(C(C)C)ccc1OCC(=O)N/N=C\c1ccc2c(c1)OCO2. The normalized spacial score (nSPS) is 12.6. The smallest absolute Gasteiger partial charge is 0.277 e. The molecule has 0 aromatic heterocycles. The molecular weight excluding hydrogens is 332 g/mol. The minimum absolute atomic E-state index is 0.0969. The second-order valence-electron chi connectivity index (χ2n) is 6.37. The van der Waals surface area contributed by atoms with Crippen LogP contribution in [0.2, 0.25) is 0 Å². The number of rotatable bonds is 6. The van der Waals surface area contributed by atoms with Crippen LogP contribution in [-0.2, 0) is 4.79 Å². The molecule has 6 nitrogen and oxygen atoms in total. The van der Waals surface area contributed by atoms with Gasteiger partial charge < -0.3 is 14.2 Å². The van der Waals surface area contributed by atoms with Crippen LogP contribution in [0.25, 0.3) is 0 Å². The van der Waals surface area contributed by atoms with Crippen molar-refractivity contribution in [1.82, 2.24) is 5.43 Å². The fourth-order valence-corrected chi connectivity index (χ4v) is 2.54. The molecule has 1 aliphatic rings. The molecule has 0 saturated heterocycles. The number of hydrogen-bond donors (Lipinski definition) is 1. The van der Waals surface area contributed by atoms with Gasteiger partial charge in [0.2, 0.25) is 6.79 Å². The van der Waals surface area contributed by atoms with Crippen LogP contribution in [0.4, 0.5) is 0 Å². The highest BCUT2D eigenvalue weighted by Crippen LogP contribution is 2.31. The third-order valence-electron chi connectivity index (χ3n) is 4.02. The molecule has 0 spiro atoms. The molecule has 136 valence electrons. The van der Waals surface area contributed by atoms with Gasteiger partial charge in [-0.25, -0.2) is 5.43 Å². The van der Waals surface area contributed by atoms with Crippen molar-refractivity contribution in [1.29, 1.82) is 0 Å². The Morgan fingerprint density at radius 3 is 2.81 bits per heavy atom. The van der Waals surface area contributed by atoms with E-state index in [0.29, 0.717) is 23.2 Å². The van der Waals surface area contributed by atoms with Crippen molar-refractivity contribution in [3.63, 3.8) is 0 Å². The Bertz CT molecular complexity index is 831. The first kappa shape index (κ1) is 17.8. The molecule has 1 heterocycles. The maximum Gasteiger partial charge on any atom is 0.277 e. The number of ether oxygens (including phenoxy) is 3. The first-order chi connectivity index (χ1) is 12.5. The monoisotopic (exact) mass is 354 g/mol. The molecule has 1 N–H and O–H groups in total. The minimum Gasteiger partial charge on any atom is -0.483 e. The minimum atomic E-state index is -0.325. The topological polar surface area (TPSA) is 69.2 Å². The number of fused-ring (bicyclic) bond motifs is 1. The number of aryl methyl sites for hydroxylation is 1. The zero-order chi connectivity index (χ0) is 18.5. The number of hydrazone groups is 1. The van der Waals surface area contributed by atoms with Crippen LogP contribution in [0.15, 0.2) is 41.5 Å². The van der Waals surface area contributed by atoms with Crippen LogP contribution in [0.3, 0.4) is 0 Å². The van der Waals surface area contributed by atoms with Gasteiger partial charge in [-0.15, -0.1) is 0 Å². The highest BCUT2D eigenvalue weighted by Gasteiger charge is 2.12. The molecule has 0 fully saturated rings. The van der Waals surface area contributed by atoms with Crippen LogP contribution >= 0.6 is 0 Å². The average Bonchev–Trinajstić information content (AvgIpc) is 3.08. The third kappa shape index (κ3) is 4.33. The summed E-state index contributed by atoms with van der Waals surface area (Å²) in [6.07, 6.45) is 1.54. The zero-order valence-electron chi connectivity index (χ0n) is 15.1. The van der Waals surface area contributed by atoms with E-state index in [2.05, 4.69) is 30.4 Å². The van der Waals surface area contributed by atoms with Gasteiger partial charge in [0.05, 0.1) is 6.21 Å². The van der Waals surface area contributed by atoms with Gasteiger partial charge >= 0.3 is 0 Å². The summed E-state index contributed by atoms with van der Waals surface area (Å²) in [6.45, 7) is 6.38. The largest absolute Gasteiger partial charge is 0.483 e. The maximum atomic E-state index is 11.9. The fourth-order valence-electron chi connectivity index (χ4n) is 2.54. The van der Waals surface area contributed by atoms with Gasteiger partial charge in [-0.05, 0) is 53.8 Å². The molecular formula is C20H22N2O4. The van der Waals surface area contributed by atoms with Crippen LogP contribution < -0.4 is 19.6 Å². The van der Waals surface area contributed by atoms with Crippen molar-refractivity contribution in [2.45, 2.75) is 26.7 Å². The molecule has 2 aromatic rings. The third-order valence-corrected chi connectivity index (χ3v) is 4.02. The predicted molar refractivity (Wildman–Crippen MR) is 99.1 cm³/mol. The standard InChI is InChI=1S/C20H22N2O4/c1-13(2)16-5-7-17(14(3)8-16)24-11-20(23)22-21-10-15-4-6-18-19(9-15)26-12-25-18/h4-10,13H,11-12H2,1-3H3,(H,22,23)/b21-10-. The molecule has 0 bridgehead atoms. The first-order valence-corrected chi connectivity index (χ1v) is 8.48. The second-order valence-corrected chi connectivity index (χ2v) is 6.37. The first-order valence-electron chi connectivity index (χ1n) is 8.48. The lowest BCUT2D eigenvalue weighted by Gasteiger charge is -2.11. The van der Waals surface area contributed by atoms with E-state index in [1.54, 1.807) is 18.3 Å². The Morgan fingerprint density at radius 2 is 2.04 bits per heavy atom. The number of benzene rings is 2. The van der Waals surface area contributed by atoms with Crippen molar-refractivity contribution in [3.8, 4) is 17.2 Å². The van der Waals surface area contributed by atoms with Crippen LogP contribution in [0, 0.1) is 6.92 Å². The van der Waals surface area contributed by atoms with Crippen molar-refractivity contribution in [2.75, 3.05) is 13.4 Å². The van der Waals surface area contributed by atoms with E-state index in [1.807, 2.05) is 25.1 Å². The zero-order valence-corrected chi connectivity index (χ0v) is 15.1. The summed E-state index contributed by atoms with van der Waals surface area (Å²) < 4.78 is 16.1. The lowest BCUT2D eigenvalue weighted by atomic mass is 10.0. The molecule has 0 unspecified atom stereocenters. The lowest BCUT2D eigenvalue weighted by Crippen LogP contribution is -2.24. The predicted octanol–water partition coefficient (Wildman–Crippen LogP) is 3.38. The maximum absolute atomic E-state index is 11.9. The molecule has 26 heavy (non-hydrogen) atoms. The molecule has 2 aromatic carbocycles.